The lowest BCUT2D eigenvalue weighted by atomic mass is 10.0. The van der Waals surface area contributed by atoms with Crippen LogP contribution in [0, 0.1) is 5.92 Å². The monoisotopic (exact) mass is 300 g/mol. The van der Waals surface area contributed by atoms with Gasteiger partial charge in [-0.25, -0.2) is 5.43 Å². The number of amides is 1. The second kappa shape index (κ2) is 7.04. The summed E-state index contributed by atoms with van der Waals surface area (Å²) in [7, 11) is 0. The van der Waals surface area contributed by atoms with E-state index in [2.05, 4.69) is 10.5 Å². The molecule has 0 fully saturated rings. The molecule has 2 rings (SSSR count). The summed E-state index contributed by atoms with van der Waals surface area (Å²) >= 11 is 6.00. The minimum atomic E-state index is -0.310. The predicted molar refractivity (Wildman–Crippen MR) is 86.7 cm³/mol. The maximum absolute atomic E-state index is 12.1. The molecule has 21 heavy (non-hydrogen) atoms. The molecule has 108 valence electrons. The van der Waals surface area contributed by atoms with Gasteiger partial charge in [0.05, 0.1) is 16.3 Å². The Morgan fingerprint density at radius 1 is 1.05 bits per heavy atom. The van der Waals surface area contributed by atoms with E-state index in [-0.39, 0.29) is 11.8 Å². The van der Waals surface area contributed by atoms with Crippen LogP contribution in [0.3, 0.4) is 0 Å². The van der Waals surface area contributed by atoms with E-state index < -0.39 is 0 Å². The third kappa shape index (κ3) is 3.92. The number of carbonyl (C=O) groups excluding carboxylic acids is 1. The van der Waals surface area contributed by atoms with Gasteiger partial charge in [-0.1, -0.05) is 67.9 Å². The van der Waals surface area contributed by atoms with Crippen molar-refractivity contribution >= 4 is 23.2 Å². The first kappa shape index (κ1) is 15.3. The number of halogens is 1. The molecule has 0 spiro atoms. The molecule has 3 nitrogen and oxygen atoms in total. The molecular formula is C17H17ClN2O. The van der Waals surface area contributed by atoms with Gasteiger partial charge in [0.2, 0.25) is 0 Å². The number of nitrogens with one attached hydrogen (secondary N) is 1. The Morgan fingerprint density at radius 3 is 2.29 bits per heavy atom. The van der Waals surface area contributed by atoms with Crippen molar-refractivity contribution in [1.29, 1.82) is 0 Å². The number of rotatable bonds is 4. The summed E-state index contributed by atoms with van der Waals surface area (Å²) < 4.78 is 0. The van der Waals surface area contributed by atoms with Crippen molar-refractivity contribution in [2.24, 2.45) is 11.0 Å². The van der Waals surface area contributed by atoms with E-state index >= 15 is 0 Å². The number of carbonyl (C=O) groups is 1. The molecule has 1 N–H and O–H groups in total. The maximum Gasteiger partial charge on any atom is 0.272 e. The smallest absolute Gasteiger partial charge is 0.267 e. The lowest BCUT2D eigenvalue weighted by Crippen LogP contribution is -2.22. The SMILES string of the molecule is CC(C)/C(=N/NC(=O)c1ccccc1Cl)c1ccccc1. The molecule has 0 radical (unpaired) electrons. The van der Waals surface area contributed by atoms with Crippen molar-refractivity contribution in [2.75, 3.05) is 0 Å². The largest absolute Gasteiger partial charge is 0.272 e. The standard InChI is InChI=1S/C17H17ClN2O/c1-12(2)16(13-8-4-3-5-9-13)19-20-17(21)14-10-6-7-11-15(14)18/h3-12H,1-2H3,(H,20,21)/b19-16-. The van der Waals surface area contributed by atoms with E-state index in [0.29, 0.717) is 10.6 Å². The van der Waals surface area contributed by atoms with Crippen LogP contribution in [0.5, 0.6) is 0 Å². The van der Waals surface area contributed by atoms with Crippen molar-refractivity contribution in [3.05, 3.63) is 70.7 Å². The molecule has 0 bridgehead atoms. The van der Waals surface area contributed by atoms with Gasteiger partial charge in [-0.15, -0.1) is 0 Å². The normalized spacial score (nSPS) is 11.5. The van der Waals surface area contributed by atoms with E-state index in [9.17, 15) is 4.79 Å². The number of hydrogen-bond acceptors (Lipinski definition) is 2. The fourth-order valence-electron chi connectivity index (χ4n) is 1.95. The van der Waals surface area contributed by atoms with Crippen LogP contribution in [0.2, 0.25) is 5.02 Å². The summed E-state index contributed by atoms with van der Waals surface area (Å²) in [5.74, 6) is -0.117. The molecule has 2 aromatic rings. The van der Waals surface area contributed by atoms with Gasteiger partial charge >= 0.3 is 0 Å². The number of benzene rings is 2. The molecule has 0 saturated heterocycles. The molecule has 0 aliphatic carbocycles. The first-order valence-corrected chi connectivity index (χ1v) is 7.15. The Bertz CT molecular complexity index is 651. The Balaban J connectivity index is 2.22. The van der Waals surface area contributed by atoms with Gasteiger partial charge in [0.1, 0.15) is 0 Å². The lowest BCUT2D eigenvalue weighted by Gasteiger charge is -2.11. The highest BCUT2D eigenvalue weighted by Gasteiger charge is 2.11. The van der Waals surface area contributed by atoms with Crippen LogP contribution < -0.4 is 5.43 Å². The molecule has 0 atom stereocenters. The van der Waals surface area contributed by atoms with E-state index in [1.54, 1.807) is 24.3 Å². The molecular weight excluding hydrogens is 284 g/mol. The van der Waals surface area contributed by atoms with E-state index in [0.717, 1.165) is 11.3 Å². The summed E-state index contributed by atoms with van der Waals surface area (Å²) in [4.78, 5) is 12.1. The average Bonchev–Trinajstić information content (AvgIpc) is 2.48. The van der Waals surface area contributed by atoms with Crippen molar-refractivity contribution in [1.82, 2.24) is 5.43 Å². The molecule has 0 aliphatic rings. The Hall–Kier alpha value is -2.13. The van der Waals surface area contributed by atoms with Crippen LogP contribution in [0.25, 0.3) is 0 Å². The molecule has 1 amide bonds. The summed E-state index contributed by atoms with van der Waals surface area (Å²) in [6, 6.07) is 16.7. The van der Waals surface area contributed by atoms with Crippen LogP contribution in [0.4, 0.5) is 0 Å². The average molecular weight is 301 g/mol. The molecule has 0 saturated carbocycles. The number of nitrogens with zero attached hydrogens (tertiary/aromatic N) is 1. The summed E-state index contributed by atoms with van der Waals surface area (Å²) in [5.41, 5.74) is 4.82. The zero-order chi connectivity index (χ0) is 15.2. The molecule has 2 aromatic carbocycles. The van der Waals surface area contributed by atoms with Gasteiger partial charge in [-0.2, -0.15) is 5.10 Å². The first-order chi connectivity index (χ1) is 10.1. The molecule has 4 heteroatoms. The van der Waals surface area contributed by atoms with Crippen LogP contribution >= 0.6 is 11.6 Å². The van der Waals surface area contributed by atoms with Crippen LogP contribution in [0.1, 0.15) is 29.8 Å². The zero-order valence-corrected chi connectivity index (χ0v) is 12.8. The minimum Gasteiger partial charge on any atom is -0.267 e. The highest BCUT2D eigenvalue weighted by atomic mass is 35.5. The molecule has 0 aliphatic heterocycles. The molecule has 0 aromatic heterocycles. The number of hydrazone groups is 1. The van der Waals surface area contributed by atoms with Crippen molar-refractivity contribution in [2.45, 2.75) is 13.8 Å². The minimum absolute atomic E-state index is 0.193. The fourth-order valence-corrected chi connectivity index (χ4v) is 2.17. The second-order valence-corrected chi connectivity index (χ2v) is 5.35. The highest BCUT2D eigenvalue weighted by Crippen LogP contribution is 2.15. The fraction of sp³-hybridized carbons (Fsp3) is 0.176. The van der Waals surface area contributed by atoms with Gasteiger partial charge in [-0.3, -0.25) is 4.79 Å². The first-order valence-electron chi connectivity index (χ1n) is 6.77. The van der Waals surface area contributed by atoms with E-state index in [1.165, 1.54) is 0 Å². The van der Waals surface area contributed by atoms with Gasteiger partial charge in [0.15, 0.2) is 0 Å². The van der Waals surface area contributed by atoms with E-state index in [1.807, 2.05) is 44.2 Å². The third-order valence-electron chi connectivity index (χ3n) is 3.01. The van der Waals surface area contributed by atoms with Crippen molar-refractivity contribution in [3.8, 4) is 0 Å². The van der Waals surface area contributed by atoms with Crippen LogP contribution in [-0.4, -0.2) is 11.6 Å². The van der Waals surface area contributed by atoms with E-state index in [4.69, 9.17) is 11.6 Å². The summed E-state index contributed by atoms with van der Waals surface area (Å²) in [5, 5.41) is 4.68. The topological polar surface area (TPSA) is 41.5 Å². The quantitative estimate of drug-likeness (QED) is 0.669. The Morgan fingerprint density at radius 2 is 1.67 bits per heavy atom. The van der Waals surface area contributed by atoms with Crippen LogP contribution in [-0.2, 0) is 0 Å². The van der Waals surface area contributed by atoms with Crippen molar-refractivity contribution in [3.63, 3.8) is 0 Å². The van der Waals surface area contributed by atoms with Gasteiger partial charge in [0.25, 0.3) is 5.91 Å². The van der Waals surface area contributed by atoms with Crippen molar-refractivity contribution < 1.29 is 4.79 Å². The summed E-state index contributed by atoms with van der Waals surface area (Å²) in [6.45, 7) is 4.07. The van der Waals surface area contributed by atoms with Gasteiger partial charge in [-0.05, 0) is 23.6 Å². The van der Waals surface area contributed by atoms with Crippen LogP contribution in [0.15, 0.2) is 59.7 Å². The predicted octanol–water partition coefficient (Wildman–Crippen LogP) is 4.13. The molecule has 0 heterocycles. The van der Waals surface area contributed by atoms with Gasteiger partial charge < -0.3 is 0 Å². The zero-order valence-electron chi connectivity index (χ0n) is 12.0. The summed E-state index contributed by atoms with van der Waals surface area (Å²) in [6.07, 6.45) is 0. The molecule has 0 unspecified atom stereocenters. The highest BCUT2D eigenvalue weighted by molar-refractivity contribution is 6.33. The Kier molecular flexibility index (Phi) is 5.12. The second-order valence-electron chi connectivity index (χ2n) is 4.94. The number of hydrogen-bond donors (Lipinski definition) is 1. The third-order valence-corrected chi connectivity index (χ3v) is 3.34. The lowest BCUT2D eigenvalue weighted by molar-refractivity contribution is 0.0955. The maximum atomic E-state index is 12.1. The Labute approximate surface area is 129 Å². The van der Waals surface area contributed by atoms with Gasteiger partial charge in [0, 0.05) is 0 Å².